The van der Waals surface area contributed by atoms with Gasteiger partial charge in [-0.3, -0.25) is 14.5 Å². The Hall–Kier alpha value is -3.11. The van der Waals surface area contributed by atoms with Gasteiger partial charge in [0.15, 0.2) is 0 Å². The number of benzene rings is 2. The van der Waals surface area contributed by atoms with Crippen molar-refractivity contribution >= 4 is 29.3 Å². The highest BCUT2D eigenvalue weighted by Crippen LogP contribution is 2.42. The van der Waals surface area contributed by atoms with Crippen LogP contribution >= 0.6 is 11.8 Å². The molecule has 2 aliphatic rings. The van der Waals surface area contributed by atoms with Crippen LogP contribution in [0, 0.1) is 17.1 Å². The number of hydrogen-bond acceptors (Lipinski definition) is 4. The molecule has 0 spiro atoms. The van der Waals surface area contributed by atoms with Crippen LogP contribution in [0.5, 0.6) is 0 Å². The number of para-hydroxylation sites is 1. The van der Waals surface area contributed by atoms with E-state index in [9.17, 15) is 19.2 Å². The average molecular weight is 436 g/mol. The lowest BCUT2D eigenvalue weighted by molar-refractivity contribution is -0.127. The summed E-state index contributed by atoms with van der Waals surface area (Å²) >= 11 is 1.24. The maximum absolute atomic E-state index is 13.4. The van der Waals surface area contributed by atoms with E-state index in [4.69, 9.17) is 0 Å². The molecule has 2 aliphatic heterocycles. The molecular weight excluding hydrogens is 413 g/mol. The molecule has 2 saturated heterocycles. The second kappa shape index (κ2) is 9.36. The summed E-state index contributed by atoms with van der Waals surface area (Å²) in [5.74, 6) is -0.838. The third kappa shape index (κ3) is 4.49. The minimum atomic E-state index is -0.502. The van der Waals surface area contributed by atoms with Gasteiger partial charge in [-0.05, 0) is 55.5 Å². The van der Waals surface area contributed by atoms with Crippen LogP contribution in [0.2, 0.25) is 0 Å². The van der Waals surface area contributed by atoms with E-state index in [1.165, 1.54) is 28.8 Å². The Kier molecular flexibility index (Phi) is 6.38. The number of halogens is 1. The highest BCUT2D eigenvalue weighted by atomic mass is 32.2. The fourth-order valence-corrected chi connectivity index (χ4v) is 5.18. The molecule has 2 aromatic carbocycles. The summed E-state index contributed by atoms with van der Waals surface area (Å²) in [6, 6.07) is 17.2. The number of nitrogens with zero attached hydrogens (tertiary/aromatic N) is 3. The van der Waals surface area contributed by atoms with Crippen molar-refractivity contribution in [3.05, 3.63) is 76.6 Å². The molecule has 158 valence electrons. The molecule has 1 unspecified atom stereocenters. The number of carbonyl (C=O) groups is 2. The number of piperidine rings is 1. The number of nitriles is 1. The van der Waals surface area contributed by atoms with Gasteiger partial charge in [0, 0.05) is 18.8 Å². The predicted octanol–water partition coefficient (Wildman–Crippen LogP) is 4.26. The fourth-order valence-electron chi connectivity index (χ4n) is 3.88. The summed E-state index contributed by atoms with van der Waals surface area (Å²) in [6.45, 7) is 1.25. The van der Waals surface area contributed by atoms with Gasteiger partial charge in [-0.1, -0.05) is 42.1 Å². The van der Waals surface area contributed by atoms with Crippen LogP contribution in [0.3, 0.4) is 0 Å². The molecule has 0 aromatic heterocycles. The van der Waals surface area contributed by atoms with E-state index < -0.39 is 5.25 Å². The number of carbonyl (C=O) groups excluding carboxylic acids is 2. The molecule has 2 aromatic rings. The molecule has 31 heavy (non-hydrogen) atoms. The lowest BCUT2D eigenvalue weighted by Crippen LogP contribution is -2.37. The Bertz CT molecular complexity index is 1040. The molecule has 2 heterocycles. The van der Waals surface area contributed by atoms with Crippen LogP contribution in [0.15, 0.2) is 65.2 Å². The monoisotopic (exact) mass is 435 g/mol. The SMILES string of the molecule is N#CC(C(=O)N1CCCCC1)=C1SC(Cc2ccc(F)cc2)C(=O)N1c1ccccc1. The van der Waals surface area contributed by atoms with Crippen molar-refractivity contribution in [3.8, 4) is 6.07 Å². The van der Waals surface area contributed by atoms with Crippen LogP contribution in [-0.4, -0.2) is 35.1 Å². The lowest BCUT2D eigenvalue weighted by Gasteiger charge is -2.27. The first-order valence-electron chi connectivity index (χ1n) is 10.3. The summed E-state index contributed by atoms with van der Waals surface area (Å²) in [6.07, 6.45) is 3.29. The zero-order chi connectivity index (χ0) is 21.8. The molecule has 2 amide bonds. The first-order chi connectivity index (χ1) is 15.1. The van der Waals surface area contributed by atoms with Crippen LogP contribution < -0.4 is 4.90 Å². The summed E-state index contributed by atoms with van der Waals surface area (Å²) in [5.41, 5.74) is 1.45. The van der Waals surface area contributed by atoms with Crippen LogP contribution in [0.1, 0.15) is 24.8 Å². The van der Waals surface area contributed by atoms with E-state index in [0.29, 0.717) is 30.2 Å². The fraction of sp³-hybridized carbons (Fsp3) is 0.292. The summed E-state index contributed by atoms with van der Waals surface area (Å²) in [4.78, 5) is 29.7. The Morgan fingerprint density at radius 1 is 1.06 bits per heavy atom. The number of likely N-dealkylation sites (tertiary alicyclic amines) is 1. The zero-order valence-corrected chi connectivity index (χ0v) is 17.8. The van der Waals surface area contributed by atoms with Gasteiger partial charge in [-0.2, -0.15) is 5.26 Å². The molecule has 0 radical (unpaired) electrons. The molecule has 1 atom stereocenters. The topological polar surface area (TPSA) is 64.4 Å². The van der Waals surface area contributed by atoms with Crippen molar-refractivity contribution in [1.82, 2.24) is 4.90 Å². The quantitative estimate of drug-likeness (QED) is 0.532. The molecule has 2 fully saturated rings. The number of amides is 2. The van der Waals surface area contributed by atoms with Crippen molar-refractivity contribution in [2.24, 2.45) is 0 Å². The van der Waals surface area contributed by atoms with Crippen molar-refractivity contribution in [2.75, 3.05) is 18.0 Å². The molecule has 0 N–H and O–H groups in total. The first kappa shape index (κ1) is 21.1. The van der Waals surface area contributed by atoms with Gasteiger partial charge in [-0.25, -0.2) is 4.39 Å². The second-order valence-electron chi connectivity index (χ2n) is 7.59. The van der Waals surface area contributed by atoms with Gasteiger partial charge in [0.1, 0.15) is 22.5 Å². The average Bonchev–Trinajstić information content (AvgIpc) is 3.12. The second-order valence-corrected chi connectivity index (χ2v) is 8.78. The third-order valence-electron chi connectivity index (χ3n) is 5.48. The van der Waals surface area contributed by atoms with Gasteiger partial charge >= 0.3 is 0 Å². The molecular formula is C24H22FN3O2S. The number of thioether (sulfide) groups is 1. The maximum atomic E-state index is 13.4. The molecule has 0 aliphatic carbocycles. The van der Waals surface area contributed by atoms with E-state index in [0.717, 1.165) is 24.8 Å². The Balaban J connectivity index is 1.71. The Morgan fingerprint density at radius 2 is 1.74 bits per heavy atom. The van der Waals surface area contributed by atoms with Gasteiger partial charge in [-0.15, -0.1) is 0 Å². The highest BCUT2D eigenvalue weighted by Gasteiger charge is 2.41. The Labute approximate surface area is 185 Å². The van der Waals surface area contributed by atoms with E-state index in [2.05, 4.69) is 6.07 Å². The first-order valence-corrected chi connectivity index (χ1v) is 11.2. The van der Waals surface area contributed by atoms with Crippen molar-refractivity contribution in [3.63, 3.8) is 0 Å². The van der Waals surface area contributed by atoms with Crippen LogP contribution in [0.4, 0.5) is 10.1 Å². The molecule has 0 bridgehead atoms. The van der Waals surface area contributed by atoms with Crippen LogP contribution in [0.25, 0.3) is 0 Å². The van der Waals surface area contributed by atoms with Crippen molar-refractivity contribution < 1.29 is 14.0 Å². The molecule has 4 rings (SSSR count). The minimum absolute atomic E-state index is 0.00529. The Morgan fingerprint density at radius 3 is 2.39 bits per heavy atom. The largest absolute Gasteiger partial charge is 0.338 e. The lowest BCUT2D eigenvalue weighted by atomic mass is 10.1. The standard InChI is InChI=1S/C24H22FN3O2S/c25-18-11-9-17(10-12-18)15-21-23(30)28(19-7-3-1-4-8-19)24(31-21)20(16-26)22(29)27-13-5-2-6-14-27/h1,3-4,7-12,21H,2,5-6,13-15H2. The van der Waals surface area contributed by atoms with E-state index >= 15 is 0 Å². The summed E-state index contributed by atoms with van der Waals surface area (Å²) in [5, 5.41) is 9.77. The minimum Gasteiger partial charge on any atom is -0.338 e. The maximum Gasteiger partial charge on any atom is 0.267 e. The molecule has 7 heteroatoms. The van der Waals surface area contributed by atoms with Crippen molar-refractivity contribution in [1.29, 1.82) is 5.26 Å². The van der Waals surface area contributed by atoms with Crippen LogP contribution in [-0.2, 0) is 16.0 Å². The molecule has 5 nitrogen and oxygen atoms in total. The number of anilines is 1. The third-order valence-corrected chi connectivity index (χ3v) is 6.75. The smallest absolute Gasteiger partial charge is 0.267 e. The van der Waals surface area contributed by atoms with Gasteiger partial charge in [0.05, 0.1) is 5.25 Å². The van der Waals surface area contributed by atoms with Gasteiger partial charge in [0.25, 0.3) is 5.91 Å². The summed E-state index contributed by atoms with van der Waals surface area (Å²) < 4.78 is 13.3. The van der Waals surface area contributed by atoms with Crippen molar-refractivity contribution in [2.45, 2.75) is 30.9 Å². The molecule has 0 saturated carbocycles. The predicted molar refractivity (Wildman–Crippen MR) is 118 cm³/mol. The number of rotatable bonds is 4. The van der Waals surface area contributed by atoms with E-state index in [1.807, 2.05) is 18.2 Å². The van der Waals surface area contributed by atoms with E-state index in [-0.39, 0.29) is 23.2 Å². The van der Waals surface area contributed by atoms with Gasteiger partial charge in [0.2, 0.25) is 5.91 Å². The zero-order valence-electron chi connectivity index (χ0n) is 17.0. The number of hydrogen-bond donors (Lipinski definition) is 0. The van der Waals surface area contributed by atoms with Gasteiger partial charge < -0.3 is 4.90 Å². The van der Waals surface area contributed by atoms with E-state index in [1.54, 1.807) is 29.2 Å². The summed E-state index contributed by atoms with van der Waals surface area (Å²) in [7, 11) is 0. The normalized spacial score (nSPS) is 20.5. The highest BCUT2D eigenvalue weighted by molar-refractivity contribution is 8.05.